The Morgan fingerprint density at radius 1 is 1.30 bits per heavy atom. The zero-order valence-corrected chi connectivity index (χ0v) is 12.5. The fourth-order valence-corrected chi connectivity index (χ4v) is 3.58. The summed E-state index contributed by atoms with van der Waals surface area (Å²) in [6.07, 6.45) is 1.59. The summed E-state index contributed by atoms with van der Waals surface area (Å²) in [5, 5.41) is 0. The third-order valence-electron chi connectivity index (χ3n) is 3.17. The lowest BCUT2D eigenvalue weighted by Crippen LogP contribution is -2.38. The van der Waals surface area contributed by atoms with Crippen molar-refractivity contribution in [1.82, 2.24) is 4.31 Å². The van der Waals surface area contributed by atoms with Crippen molar-refractivity contribution in [3.8, 4) is 0 Å². The van der Waals surface area contributed by atoms with E-state index in [2.05, 4.69) is 0 Å². The Kier molecular flexibility index (Phi) is 4.45. The molecule has 20 heavy (non-hydrogen) atoms. The van der Waals surface area contributed by atoms with Crippen LogP contribution in [-0.2, 0) is 19.6 Å². The fraction of sp³-hybridized carbons (Fsp3) is 0.500. The maximum atomic E-state index is 12.6. The number of rotatable bonds is 6. The molecule has 0 spiro atoms. The lowest BCUT2D eigenvalue weighted by molar-refractivity contribution is -0.143. The van der Waals surface area contributed by atoms with Gasteiger partial charge < -0.3 is 4.74 Å². The summed E-state index contributed by atoms with van der Waals surface area (Å²) in [5.41, 5.74) is 0.993. The van der Waals surface area contributed by atoms with Gasteiger partial charge in [-0.05, 0) is 38.8 Å². The summed E-state index contributed by atoms with van der Waals surface area (Å²) in [6, 6.07) is 6.58. The van der Waals surface area contributed by atoms with Crippen LogP contribution < -0.4 is 0 Å². The highest BCUT2D eigenvalue weighted by Crippen LogP contribution is 2.31. The molecular formula is C14H19NO4S. The number of aryl methyl sites for hydroxylation is 1. The first-order valence-corrected chi connectivity index (χ1v) is 8.13. The second-order valence-electron chi connectivity index (χ2n) is 4.90. The fourth-order valence-electron chi connectivity index (χ4n) is 1.95. The van der Waals surface area contributed by atoms with Crippen molar-refractivity contribution in [1.29, 1.82) is 0 Å². The maximum absolute atomic E-state index is 12.6. The molecule has 1 aromatic rings. The number of hydrogen-bond donors (Lipinski definition) is 0. The molecule has 0 heterocycles. The van der Waals surface area contributed by atoms with Crippen LogP contribution in [0.1, 0.15) is 25.3 Å². The molecule has 1 aromatic carbocycles. The zero-order chi connectivity index (χ0) is 14.8. The van der Waals surface area contributed by atoms with Crippen molar-refractivity contribution in [3.05, 3.63) is 29.8 Å². The summed E-state index contributed by atoms with van der Waals surface area (Å²) in [7, 11) is -3.64. The smallest absolute Gasteiger partial charge is 0.321 e. The second-order valence-corrected chi connectivity index (χ2v) is 6.79. The van der Waals surface area contributed by atoms with Gasteiger partial charge in [-0.15, -0.1) is 0 Å². The van der Waals surface area contributed by atoms with Crippen LogP contribution in [0.25, 0.3) is 0 Å². The Bertz CT molecular complexity index is 576. The molecule has 5 nitrogen and oxygen atoms in total. The summed E-state index contributed by atoms with van der Waals surface area (Å²) in [4.78, 5) is 11.8. The Hall–Kier alpha value is -1.40. The summed E-state index contributed by atoms with van der Waals surface area (Å²) >= 11 is 0. The van der Waals surface area contributed by atoms with Crippen LogP contribution in [-0.4, -0.2) is 37.9 Å². The van der Waals surface area contributed by atoms with Crippen LogP contribution in [0.5, 0.6) is 0 Å². The van der Waals surface area contributed by atoms with Gasteiger partial charge in [0.05, 0.1) is 11.5 Å². The molecule has 1 saturated carbocycles. The van der Waals surface area contributed by atoms with Gasteiger partial charge in [0.25, 0.3) is 0 Å². The molecule has 1 fully saturated rings. The topological polar surface area (TPSA) is 63.7 Å². The standard InChI is InChI=1S/C14H19NO4S/c1-3-19-14(16)10-15(12-6-7-12)20(17,18)13-8-4-11(2)5-9-13/h4-5,8-9,12H,3,6-7,10H2,1-2H3. The van der Waals surface area contributed by atoms with Crippen molar-refractivity contribution >= 4 is 16.0 Å². The molecule has 0 N–H and O–H groups in total. The van der Waals surface area contributed by atoms with Crippen LogP contribution in [0, 0.1) is 6.92 Å². The van der Waals surface area contributed by atoms with E-state index in [1.807, 2.05) is 6.92 Å². The lowest BCUT2D eigenvalue weighted by Gasteiger charge is -2.20. The van der Waals surface area contributed by atoms with Gasteiger partial charge in [0.15, 0.2) is 0 Å². The molecule has 0 aromatic heterocycles. The minimum atomic E-state index is -3.64. The number of benzene rings is 1. The Labute approximate surface area is 119 Å². The first-order chi connectivity index (χ1) is 9.45. The third-order valence-corrected chi connectivity index (χ3v) is 5.08. The van der Waals surface area contributed by atoms with Crippen LogP contribution >= 0.6 is 0 Å². The molecule has 0 bridgehead atoms. The van der Waals surface area contributed by atoms with Gasteiger partial charge in [0.1, 0.15) is 6.54 Å². The predicted molar refractivity (Wildman–Crippen MR) is 74.7 cm³/mol. The monoisotopic (exact) mass is 297 g/mol. The van der Waals surface area contributed by atoms with E-state index in [4.69, 9.17) is 4.74 Å². The number of esters is 1. The summed E-state index contributed by atoms with van der Waals surface area (Å²) in [5.74, 6) is -0.505. The maximum Gasteiger partial charge on any atom is 0.321 e. The minimum Gasteiger partial charge on any atom is -0.465 e. The number of hydrogen-bond acceptors (Lipinski definition) is 4. The van der Waals surface area contributed by atoms with Gasteiger partial charge in [-0.2, -0.15) is 4.31 Å². The van der Waals surface area contributed by atoms with Crippen molar-refractivity contribution in [2.24, 2.45) is 0 Å². The number of carbonyl (C=O) groups is 1. The molecular weight excluding hydrogens is 278 g/mol. The van der Waals surface area contributed by atoms with Gasteiger partial charge in [0.2, 0.25) is 10.0 Å². The van der Waals surface area contributed by atoms with Crippen LogP contribution in [0.4, 0.5) is 0 Å². The van der Waals surface area contributed by atoms with Crippen molar-refractivity contribution in [2.45, 2.75) is 37.6 Å². The largest absolute Gasteiger partial charge is 0.465 e. The number of sulfonamides is 1. The van der Waals surface area contributed by atoms with Gasteiger partial charge in [-0.3, -0.25) is 4.79 Å². The first kappa shape index (κ1) is 15.0. The molecule has 1 aliphatic rings. The minimum absolute atomic E-state index is 0.0780. The van der Waals surface area contributed by atoms with E-state index in [9.17, 15) is 13.2 Å². The van der Waals surface area contributed by atoms with Crippen molar-refractivity contribution in [2.75, 3.05) is 13.2 Å². The molecule has 0 unspecified atom stereocenters. The second kappa shape index (κ2) is 5.93. The third kappa shape index (κ3) is 3.37. The first-order valence-electron chi connectivity index (χ1n) is 6.69. The Balaban J connectivity index is 2.23. The molecule has 1 aliphatic carbocycles. The van der Waals surface area contributed by atoms with Crippen molar-refractivity contribution in [3.63, 3.8) is 0 Å². The van der Waals surface area contributed by atoms with Gasteiger partial charge in [0, 0.05) is 6.04 Å². The van der Waals surface area contributed by atoms with E-state index >= 15 is 0 Å². The summed E-state index contributed by atoms with van der Waals surface area (Å²) < 4.78 is 31.3. The highest BCUT2D eigenvalue weighted by atomic mass is 32.2. The van der Waals surface area contributed by atoms with E-state index in [1.54, 1.807) is 31.2 Å². The highest BCUT2D eigenvalue weighted by molar-refractivity contribution is 7.89. The SMILES string of the molecule is CCOC(=O)CN(C1CC1)S(=O)(=O)c1ccc(C)cc1. The Morgan fingerprint density at radius 3 is 2.40 bits per heavy atom. The van der Waals surface area contributed by atoms with E-state index in [-0.39, 0.29) is 24.1 Å². The molecule has 0 saturated heterocycles. The molecule has 6 heteroatoms. The lowest BCUT2D eigenvalue weighted by atomic mass is 10.2. The van der Waals surface area contributed by atoms with Crippen molar-refractivity contribution < 1.29 is 17.9 Å². The molecule has 0 amide bonds. The predicted octanol–water partition coefficient (Wildman–Crippen LogP) is 1.71. The zero-order valence-electron chi connectivity index (χ0n) is 11.7. The molecule has 2 rings (SSSR count). The normalized spacial score (nSPS) is 15.3. The van der Waals surface area contributed by atoms with E-state index in [0.29, 0.717) is 0 Å². The molecule has 110 valence electrons. The quantitative estimate of drug-likeness (QED) is 0.750. The van der Waals surface area contributed by atoms with Crippen LogP contribution in [0.15, 0.2) is 29.2 Å². The van der Waals surface area contributed by atoms with Crippen LogP contribution in [0.2, 0.25) is 0 Å². The Morgan fingerprint density at radius 2 is 1.90 bits per heavy atom. The van der Waals surface area contributed by atoms with E-state index in [0.717, 1.165) is 18.4 Å². The number of ether oxygens (including phenoxy) is 1. The molecule has 0 atom stereocenters. The average molecular weight is 297 g/mol. The van der Waals surface area contributed by atoms with Gasteiger partial charge in [-0.25, -0.2) is 8.42 Å². The van der Waals surface area contributed by atoms with Gasteiger partial charge >= 0.3 is 5.97 Å². The van der Waals surface area contributed by atoms with Crippen LogP contribution in [0.3, 0.4) is 0 Å². The number of carbonyl (C=O) groups excluding carboxylic acids is 1. The highest BCUT2D eigenvalue weighted by Gasteiger charge is 2.39. The summed E-state index contributed by atoms with van der Waals surface area (Å²) in [6.45, 7) is 3.64. The molecule has 0 aliphatic heterocycles. The van der Waals surface area contributed by atoms with E-state index in [1.165, 1.54) is 4.31 Å². The average Bonchev–Trinajstić information content (AvgIpc) is 3.21. The number of nitrogens with zero attached hydrogens (tertiary/aromatic N) is 1. The molecule has 0 radical (unpaired) electrons. The van der Waals surface area contributed by atoms with Gasteiger partial charge in [-0.1, -0.05) is 17.7 Å². The van der Waals surface area contributed by atoms with E-state index < -0.39 is 16.0 Å².